The van der Waals surface area contributed by atoms with Gasteiger partial charge in [-0.3, -0.25) is 0 Å². The number of aryl methyl sites for hydroxylation is 1. The number of benzene rings is 2. The Morgan fingerprint density at radius 1 is 0.864 bits per heavy atom. The minimum Gasteiger partial charge on any atom is -0.481 e. The van der Waals surface area contributed by atoms with E-state index in [2.05, 4.69) is 54.9 Å². The Kier molecular flexibility index (Phi) is 6.16. The molecule has 0 heterocycles. The molecule has 0 N–H and O–H groups in total. The van der Waals surface area contributed by atoms with Crippen molar-refractivity contribution in [2.24, 2.45) is 0 Å². The van der Waals surface area contributed by atoms with Gasteiger partial charge in [0.1, 0.15) is 12.4 Å². The van der Waals surface area contributed by atoms with Gasteiger partial charge in [0.25, 0.3) is 0 Å². The second kappa shape index (κ2) is 8.60. The molecule has 0 saturated heterocycles. The lowest BCUT2D eigenvalue weighted by atomic mass is 10.1. The van der Waals surface area contributed by atoms with E-state index in [4.69, 9.17) is 4.74 Å². The summed E-state index contributed by atoms with van der Waals surface area (Å²) in [5.41, 5.74) is 3.38. The summed E-state index contributed by atoms with van der Waals surface area (Å²) < 4.78 is 5.48. The third-order valence-electron chi connectivity index (χ3n) is 3.19. The number of rotatable bonds is 4. The van der Waals surface area contributed by atoms with Crippen molar-refractivity contribution in [3.8, 4) is 29.4 Å². The van der Waals surface area contributed by atoms with Crippen LogP contribution in [0.25, 0.3) is 0 Å². The van der Waals surface area contributed by atoms with E-state index in [9.17, 15) is 0 Å². The van der Waals surface area contributed by atoms with E-state index < -0.39 is 0 Å². The summed E-state index contributed by atoms with van der Waals surface area (Å²) in [5.74, 6) is 12.9. The highest BCUT2D eigenvalue weighted by atomic mass is 16.5. The maximum atomic E-state index is 5.48. The molecule has 2 aromatic rings. The predicted octanol–water partition coefficient (Wildman–Crippen LogP) is 4.44. The van der Waals surface area contributed by atoms with Crippen molar-refractivity contribution in [2.75, 3.05) is 6.61 Å². The first kappa shape index (κ1) is 15.7. The highest BCUT2D eigenvalue weighted by Crippen LogP contribution is 2.11. The Bertz CT molecular complexity index is 701. The normalized spacial score (nSPS) is 9.18. The lowest BCUT2D eigenvalue weighted by molar-refractivity contribution is 0.370. The van der Waals surface area contributed by atoms with Crippen molar-refractivity contribution < 1.29 is 4.74 Å². The Morgan fingerprint density at radius 3 is 2.00 bits per heavy atom. The Morgan fingerprint density at radius 2 is 1.45 bits per heavy atom. The van der Waals surface area contributed by atoms with Crippen molar-refractivity contribution in [2.45, 2.75) is 26.7 Å². The van der Waals surface area contributed by atoms with E-state index in [-0.39, 0.29) is 0 Å². The lowest BCUT2D eigenvalue weighted by Gasteiger charge is -2.01. The average Bonchev–Trinajstić information content (AvgIpc) is 2.56. The minimum absolute atomic E-state index is 0.422. The van der Waals surface area contributed by atoms with Crippen molar-refractivity contribution in [1.29, 1.82) is 0 Å². The fraction of sp³-hybridized carbons (Fsp3) is 0.238. The van der Waals surface area contributed by atoms with Crippen LogP contribution < -0.4 is 4.74 Å². The minimum atomic E-state index is 0.422. The molecule has 0 radical (unpaired) electrons. The highest BCUT2D eigenvalue weighted by molar-refractivity contribution is 5.44. The van der Waals surface area contributed by atoms with Gasteiger partial charge < -0.3 is 4.74 Å². The van der Waals surface area contributed by atoms with Gasteiger partial charge in [-0.25, -0.2) is 0 Å². The SMILES string of the molecule is CC#CCOc1ccc(C#Cc2ccc(CCC)cc2)cc1. The molecule has 0 amide bonds. The van der Waals surface area contributed by atoms with Crippen LogP contribution in [0.1, 0.15) is 37.0 Å². The summed E-state index contributed by atoms with van der Waals surface area (Å²) in [5, 5.41) is 0. The maximum Gasteiger partial charge on any atom is 0.149 e. The van der Waals surface area contributed by atoms with Gasteiger partial charge in [-0.1, -0.05) is 43.2 Å². The standard InChI is InChI=1S/C21H20O/c1-3-5-17-22-21-15-13-20(14-16-21)12-11-19-9-7-18(6-4-2)8-10-19/h7-10,13-16H,4,6,17H2,1-2H3. The van der Waals surface area contributed by atoms with Gasteiger partial charge >= 0.3 is 0 Å². The smallest absolute Gasteiger partial charge is 0.149 e. The number of hydrogen-bond acceptors (Lipinski definition) is 1. The summed E-state index contributed by atoms with van der Waals surface area (Å²) in [7, 11) is 0. The van der Waals surface area contributed by atoms with E-state index >= 15 is 0 Å². The molecule has 1 nitrogen and oxygen atoms in total. The second-order valence-corrected chi connectivity index (χ2v) is 4.94. The van der Waals surface area contributed by atoms with Gasteiger partial charge in [0.2, 0.25) is 0 Å². The van der Waals surface area contributed by atoms with Crippen LogP contribution in [0.4, 0.5) is 0 Å². The van der Waals surface area contributed by atoms with Crippen molar-refractivity contribution >= 4 is 0 Å². The maximum absolute atomic E-state index is 5.48. The van der Waals surface area contributed by atoms with Gasteiger partial charge in [-0.2, -0.15) is 0 Å². The summed E-state index contributed by atoms with van der Waals surface area (Å²) >= 11 is 0. The van der Waals surface area contributed by atoms with Gasteiger partial charge in [0.05, 0.1) is 0 Å². The van der Waals surface area contributed by atoms with Crippen LogP contribution in [0.15, 0.2) is 48.5 Å². The van der Waals surface area contributed by atoms with Crippen LogP contribution in [0.2, 0.25) is 0 Å². The fourth-order valence-corrected chi connectivity index (χ4v) is 2.01. The van der Waals surface area contributed by atoms with Crippen molar-refractivity contribution in [3.63, 3.8) is 0 Å². The first-order valence-electron chi connectivity index (χ1n) is 7.55. The second-order valence-electron chi connectivity index (χ2n) is 4.94. The van der Waals surface area contributed by atoms with E-state index in [0.29, 0.717) is 6.61 Å². The topological polar surface area (TPSA) is 9.23 Å². The molecule has 0 saturated carbocycles. The van der Waals surface area contributed by atoms with Crippen molar-refractivity contribution in [1.82, 2.24) is 0 Å². The zero-order valence-corrected chi connectivity index (χ0v) is 13.1. The molecular weight excluding hydrogens is 268 g/mol. The molecule has 110 valence electrons. The van der Waals surface area contributed by atoms with Crippen LogP contribution >= 0.6 is 0 Å². The van der Waals surface area contributed by atoms with E-state index in [0.717, 1.165) is 23.3 Å². The van der Waals surface area contributed by atoms with Gasteiger partial charge in [0, 0.05) is 11.1 Å². The average molecular weight is 288 g/mol. The largest absolute Gasteiger partial charge is 0.481 e. The molecule has 0 atom stereocenters. The van der Waals surface area contributed by atoms with Crippen molar-refractivity contribution in [3.05, 3.63) is 65.2 Å². The van der Waals surface area contributed by atoms with E-state index in [1.807, 2.05) is 24.3 Å². The van der Waals surface area contributed by atoms with Crippen LogP contribution in [0.5, 0.6) is 5.75 Å². The number of ether oxygens (including phenoxy) is 1. The van der Waals surface area contributed by atoms with Crippen LogP contribution in [-0.4, -0.2) is 6.61 Å². The van der Waals surface area contributed by atoms with Gasteiger partial charge in [-0.05, 0) is 55.3 Å². The molecule has 0 bridgehead atoms. The summed E-state index contributed by atoms with van der Waals surface area (Å²) in [6, 6.07) is 16.2. The fourth-order valence-electron chi connectivity index (χ4n) is 2.01. The summed E-state index contributed by atoms with van der Waals surface area (Å²) in [4.78, 5) is 0. The zero-order valence-electron chi connectivity index (χ0n) is 13.1. The summed E-state index contributed by atoms with van der Waals surface area (Å²) in [6.45, 7) is 4.42. The molecule has 0 aliphatic rings. The molecular formula is C21H20O. The Labute approximate surface area is 133 Å². The molecule has 0 aliphatic carbocycles. The molecule has 0 aromatic heterocycles. The molecule has 22 heavy (non-hydrogen) atoms. The van der Waals surface area contributed by atoms with Crippen LogP contribution in [0.3, 0.4) is 0 Å². The van der Waals surface area contributed by atoms with Crippen LogP contribution in [-0.2, 0) is 6.42 Å². The number of hydrogen-bond donors (Lipinski definition) is 0. The monoisotopic (exact) mass is 288 g/mol. The molecule has 0 unspecified atom stereocenters. The highest BCUT2D eigenvalue weighted by Gasteiger charge is 1.93. The van der Waals surface area contributed by atoms with Gasteiger partial charge in [-0.15, -0.1) is 5.92 Å². The molecule has 1 heteroatoms. The van der Waals surface area contributed by atoms with Gasteiger partial charge in [0.15, 0.2) is 0 Å². The first-order valence-corrected chi connectivity index (χ1v) is 7.55. The molecule has 2 aromatic carbocycles. The third kappa shape index (κ3) is 5.04. The molecule has 0 spiro atoms. The molecule has 0 aliphatic heterocycles. The quantitative estimate of drug-likeness (QED) is 0.756. The predicted molar refractivity (Wildman–Crippen MR) is 91.8 cm³/mol. The first-order chi connectivity index (χ1) is 10.8. The summed E-state index contributed by atoms with van der Waals surface area (Å²) in [6.07, 6.45) is 2.29. The lowest BCUT2D eigenvalue weighted by Crippen LogP contribution is -1.93. The van der Waals surface area contributed by atoms with E-state index in [1.165, 1.54) is 12.0 Å². The Balaban J connectivity index is 1.99. The van der Waals surface area contributed by atoms with Crippen LogP contribution in [0, 0.1) is 23.7 Å². The molecule has 0 fully saturated rings. The Hall–Kier alpha value is -2.64. The zero-order chi connectivity index (χ0) is 15.6. The third-order valence-corrected chi connectivity index (χ3v) is 3.19. The van der Waals surface area contributed by atoms with E-state index in [1.54, 1.807) is 6.92 Å². The molecule has 2 rings (SSSR count).